The Morgan fingerprint density at radius 1 is 1.02 bits per heavy atom. The number of para-hydroxylation sites is 2. The van der Waals surface area contributed by atoms with E-state index in [0.29, 0.717) is 22.2 Å². The van der Waals surface area contributed by atoms with Gasteiger partial charge in [-0.2, -0.15) is 18.4 Å². The lowest BCUT2D eigenvalue weighted by atomic mass is 9.85. The van der Waals surface area contributed by atoms with Gasteiger partial charge in [0.15, 0.2) is 0 Å². The van der Waals surface area contributed by atoms with Gasteiger partial charge in [-0.15, -0.1) is 0 Å². The highest BCUT2D eigenvalue weighted by atomic mass is 32.2. The Balaban J connectivity index is 1.60. The van der Waals surface area contributed by atoms with Gasteiger partial charge in [0.1, 0.15) is 5.76 Å². The molecule has 3 N–H and O–H groups in total. The average molecular weight is 567 g/mol. The van der Waals surface area contributed by atoms with Gasteiger partial charge in [-0.3, -0.25) is 9.59 Å². The van der Waals surface area contributed by atoms with Gasteiger partial charge >= 0.3 is 6.18 Å². The topological polar surface area (TPSA) is 107 Å². The van der Waals surface area contributed by atoms with Crippen molar-refractivity contribution in [3.8, 4) is 6.07 Å². The van der Waals surface area contributed by atoms with Gasteiger partial charge in [-0.05, 0) is 56.2 Å². The number of hydrogen-bond acceptors (Lipinski definition) is 6. The number of nitrogens with zero attached hydrogens (tertiary/aromatic N) is 1. The predicted octanol–water partition coefficient (Wildman–Crippen LogP) is 6.62. The third-order valence-electron chi connectivity index (χ3n) is 6.29. The van der Waals surface area contributed by atoms with Crippen LogP contribution < -0.4 is 16.0 Å². The first-order chi connectivity index (χ1) is 19.0. The summed E-state index contributed by atoms with van der Waals surface area (Å²) in [6, 6.07) is 15.7. The highest BCUT2D eigenvalue weighted by Crippen LogP contribution is 2.41. The van der Waals surface area contributed by atoms with Crippen LogP contribution in [0.4, 0.5) is 24.5 Å². The van der Waals surface area contributed by atoms with Gasteiger partial charge in [0.2, 0.25) is 5.91 Å². The van der Waals surface area contributed by atoms with Crippen LogP contribution in [0, 0.1) is 25.2 Å². The Kier molecular flexibility index (Phi) is 8.40. The van der Waals surface area contributed by atoms with E-state index in [1.54, 1.807) is 19.1 Å². The van der Waals surface area contributed by atoms with Gasteiger partial charge in [0.25, 0.3) is 5.91 Å². The van der Waals surface area contributed by atoms with Crippen molar-refractivity contribution >= 4 is 35.0 Å². The first-order valence-corrected chi connectivity index (χ1v) is 13.1. The molecule has 40 heavy (non-hydrogen) atoms. The second-order valence-corrected chi connectivity index (χ2v) is 10.1. The number of dihydropyridines is 1. The minimum atomic E-state index is -4.63. The molecule has 0 aliphatic carbocycles. The van der Waals surface area contributed by atoms with E-state index in [2.05, 4.69) is 22.0 Å². The van der Waals surface area contributed by atoms with E-state index in [9.17, 15) is 28.0 Å². The summed E-state index contributed by atoms with van der Waals surface area (Å²) in [5.74, 6) is -1.93. The zero-order valence-corrected chi connectivity index (χ0v) is 22.6. The Morgan fingerprint density at radius 2 is 1.73 bits per heavy atom. The Bertz CT molecular complexity index is 1530. The lowest BCUT2D eigenvalue weighted by molar-refractivity contribution is -0.137. The number of rotatable bonds is 7. The summed E-state index contributed by atoms with van der Waals surface area (Å²) in [5.41, 5.74) is 1.92. The van der Waals surface area contributed by atoms with Gasteiger partial charge in [0.05, 0.1) is 51.4 Å². The van der Waals surface area contributed by atoms with E-state index in [1.165, 1.54) is 24.5 Å². The van der Waals surface area contributed by atoms with Crippen LogP contribution in [0.25, 0.3) is 0 Å². The number of carbonyl (C=O) groups excluding carboxylic acids is 2. The van der Waals surface area contributed by atoms with E-state index < -0.39 is 29.5 Å². The summed E-state index contributed by atoms with van der Waals surface area (Å²) in [6.45, 7) is 5.42. The fourth-order valence-electron chi connectivity index (χ4n) is 4.42. The van der Waals surface area contributed by atoms with E-state index in [0.717, 1.165) is 29.0 Å². The number of nitrogens with one attached hydrogen (secondary N) is 3. The number of nitriles is 1. The number of aryl methyl sites for hydroxylation is 2. The first-order valence-electron chi connectivity index (χ1n) is 12.1. The maximum atomic E-state index is 13.6. The lowest BCUT2D eigenvalue weighted by Crippen LogP contribution is -2.31. The summed E-state index contributed by atoms with van der Waals surface area (Å²) < 4.78 is 45.6. The van der Waals surface area contributed by atoms with Crippen LogP contribution in [0.3, 0.4) is 0 Å². The maximum absolute atomic E-state index is 13.6. The number of halogens is 3. The molecule has 0 radical (unpaired) electrons. The molecule has 2 aromatic carbocycles. The zero-order chi connectivity index (χ0) is 29.0. The Morgan fingerprint density at radius 3 is 2.35 bits per heavy atom. The number of furan rings is 1. The van der Waals surface area contributed by atoms with Crippen LogP contribution in [0.5, 0.6) is 0 Å². The van der Waals surface area contributed by atoms with Crippen LogP contribution >= 0.6 is 11.8 Å². The molecule has 0 fully saturated rings. The number of hydrogen-bond donors (Lipinski definition) is 3. The number of amides is 2. The normalized spacial score (nSPS) is 15.4. The number of benzene rings is 2. The van der Waals surface area contributed by atoms with Gasteiger partial charge in [-0.1, -0.05) is 42.1 Å². The van der Waals surface area contributed by atoms with Crippen molar-refractivity contribution in [1.82, 2.24) is 5.32 Å². The van der Waals surface area contributed by atoms with Gasteiger partial charge in [-0.25, -0.2) is 0 Å². The smallest absolute Gasteiger partial charge is 0.418 e. The molecule has 0 unspecified atom stereocenters. The predicted molar refractivity (Wildman–Crippen MR) is 147 cm³/mol. The minimum absolute atomic E-state index is 0.140. The minimum Gasteiger partial charge on any atom is -0.468 e. The second-order valence-electron chi connectivity index (χ2n) is 9.07. The molecule has 0 saturated heterocycles. The number of allylic oxidation sites excluding steroid dienone is 2. The van der Waals surface area contributed by atoms with Crippen molar-refractivity contribution in [2.45, 2.75) is 32.9 Å². The van der Waals surface area contributed by atoms with Crippen molar-refractivity contribution < 1.29 is 27.2 Å². The van der Waals surface area contributed by atoms with Crippen molar-refractivity contribution in [3.63, 3.8) is 0 Å². The van der Waals surface area contributed by atoms with Crippen LogP contribution in [0.15, 0.2) is 87.1 Å². The number of thioether (sulfide) groups is 1. The molecule has 2 amide bonds. The van der Waals surface area contributed by atoms with Gasteiger partial charge < -0.3 is 20.4 Å². The molecule has 0 bridgehead atoms. The summed E-state index contributed by atoms with van der Waals surface area (Å²) in [7, 11) is 0. The lowest BCUT2D eigenvalue weighted by Gasteiger charge is -2.28. The first kappa shape index (κ1) is 28.6. The molecule has 3 aromatic rings. The third-order valence-corrected chi connectivity index (χ3v) is 7.31. The molecule has 1 atom stereocenters. The van der Waals surface area contributed by atoms with Crippen molar-refractivity contribution in [3.05, 3.63) is 105 Å². The highest BCUT2D eigenvalue weighted by Gasteiger charge is 2.37. The fraction of sp³-hybridized carbons (Fsp3) is 0.207. The summed E-state index contributed by atoms with van der Waals surface area (Å²) >= 11 is 0.943. The molecule has 7 nitrogen and oxygen atoms in total. The standard InChI is InChI=1S/C29H25F3N4O3S/c1-16-8-6-9-17(2)26(16)36-27(38)24-18(3)34-28(19(14-33)25(24)22-12-7-13-39-22)40-15-23(37)35-21-11-5-4-10-20(21)29(30,31)32/h4-13,25,34H,15H2,1-3H3,(H,35,37)(H,36,38)/t25-/m1/s1. The molecular formula is C29H25F3N4O3S. The molecule has 1 aliphatic heterocycles. The van der Waals surface area contributed by atoms with Crippen molar-refractivity contribution in [2.75, 3.05) is 16.4 Å². The van der Waals surface area contributed by atoms with Crippen LogP contribution in [-0.4, -0.2) is 17.6 Å². The van der Waals surface area contributed by atoms with Crippen molar-refractivity contribution in [2.24, 2.45) is 0 Å². The zero-order valence-electron chi connectivity index (χ0n) is 21.8. The third kappa shape index (κ3) is 6.07. The SMILES string of the molecule is CC1=C(C(=O)Nc2c(C)cccc2C)[C@@H](c2ccco2)C(C#N)=C(SCC(=O)Nc2ccccc2C(F)(F)F)N1. The summed E-state index contributed by atoms with van der Waals surface area (Å²) in [5, 5.41) is 18.7. The largest absolute Gasteiger partial charge is 0.468 e. The van der Waals surface area contributed by atoms with E-state index in [1.807, 2.05) is 32.0 Å². The van der Waals surface area contributed by atoms with Crippen molar-refractivity contribution in [1.29, 1.82) is 5.26 Å². The van der Waals surface area contributed by atoms with Crippen LogP contribution in [-0.2, 0) is 15.8 Å². The Labute approximate surface area is 233 Å². The number of anilines is 2. The second kappa shape index (κ2) is 11.8. The fourth-order valence-corrected chi connectivity index (χ4v) is 5.32. The molecule has 0 spiro atoms. The highest BCUT2D eigenvalue weighted by molar-refractivity contribution is 8.03. The van der Waals surface area contributed by atoms with Gasteiger partial charge in [0, 0.05) is 11.4 Å². The quantitative estimate of drug-likeness (QED) is 0.297. The van der Waals surface area contributed by atoms with Crippen LogP contribution in [0.2, 0.25) is 0 Å². The van der Waals surface area contributed by atoms with Crippen LogP contribution in [0.1, 0.15) is 35.3 Å². The average Bonchev–Trinajstić information content (AvgIpc) is 3.43. The Hall–Kier alpha value is -4.43. The summed E-state index contributed by atoms with van der Waals surface area (Å²) in [6.07, 6.45) is -3.20. The molecular weight excluding hydrogens is 541 g/mol. The monoisotopic (exact) mass is 566 g/mol. The summed E-state index contributed by atoms with van der Waals surface area (Å²) in [4.78, 5) is 26.2. The molecule has 4 rings (SSSR count). The molecule has 1 aromatic heterocycles. The molecule has 1 aliphatic rings. The maximum Gasteiger partial charge on any atom is 0.418 e. The molecule has 11 heteroatoms. The molecule has 206 valence electrons. The van der Waals surface area contributed by atoms with E-state index >= 15 is 0 Å². The molecule has 2 heterocycles. The number of carbonyl (C=O) groups is 2. The van der Waals surface area contributed by atoms with E-state index in [4.69, 9.17) is 4.42 Å². The number of alkyl halides is 3. The van der Waals surface area contributed by atoms with E-state index in [-0.39, 0.29) is 22.6 Å². The molecule has 0 saturated carbocycles.